The summed E-state index contributed by atoms with van der Waals surface area (Å²) in [4.78, 5) is 28.5. The third-order valence-corrected chi connectivity index (χ3v) is 6.90. The van der Waals surface area contributed by atoms with Crippen molar-refractivity contribution in [1.29, 1.82) is 0 Å². The number of H-pyrrole nitrogens is 1. The molecular weight excluding hydrogens is 694 g/mol. The molecule has 52 heavy (non-hydrogen) atoms. The number of rotatable bonds is 11. The van der Waals surface area contributed by atoms with Crippen LogP contribution in [0.2, 0.25) is 0 Å². The maximum absolute atomic E-state index is 14.0. The minimum Gasteiger partial charge on any atom is -0.435 e. The van der Waals surface area contributed by atoms with Crippen LogP contribution < -0.4 is 14.2 Å². The van der Waals surface area contributed by atoms with Crippen molar-refractivity contribution in [2.24, 2.45) is 11.8 Å². The molecule has 6 rings (SSSR count). The Kier molecular flexibility index (Phi) is 11.7. The number of hydrogen-bond acceptors (Lipinski definition) is 9. The van der Waals surface area contributed by atoms with Gasteiger partial charge in [0.25, 0.3) is 0 Å². The van der Waals surface area contributed by atoms with Gasteiger partial charge in [-0.15, -0.1) is 0 Å². The molecule has 3 aromatic heterocycles. The highest BCUT2D eigenvalue weighted by molar-refractivity contribution is 5.98. The second kappa shape index (κ2) is 16.3. The highest BCUT2D eigenvalue weighted by atomic mass is 19.2. The molecule has 0 fully saturated rings. The van der Waals surface area contributed by atoms with Crippen LogP contribution in [0.5, 0.6) is 35.1 Å². The number of aromatic nitrogens is 6. The summed E-state index contributed by atoms with van der Waals surface area (Å²) in [6.07, 6.45) is 3.65. The van der Waals surface area contributed by atoms with Gasteiger partial charge in [-0.2, -0.15) is 15.1 Å². The van der Waals surface area contributed by atoms with Crippen molar-refractivity contribution in [2.75, 3.05) is 0 Å². The first-order valence-corrected chi connectivity index (χ1v) is 15.7. The number of nitrogens with one attached hydrogen (secondary N) is 1. The van der Waals surface area contributed by atoms with E-state index in [1.165, 1.54) is 6.07 Å². The molecule has 3 aromatic carbocycles. The number of carbonyl (C=O) groups excluding carboxylic acids is 1. The van der Waals surface area contributed by atoms with Crippen LogP contribution in [0.4, 0.5) is 26.3 Å². The maximum Gasteiger partial charge on any atom is 0.325 e. The Balaban J connectivity index is 0.000000210. The molecule has 0 aliphatic heterocycles. The van der Waals surface area contributed by atoms with E-state index in [-0.39, 0.29) is 52.8 Å². The molecule has 1 N–H and O–H groups in total. The molecule has 0 saturated carbocycles. The SMILES string of the molecule is CC(C)CC(=O)c1cnc(Oc2ccc(F)cc2F)nc1Oc1ccc(F)cc1F.CC(C)Cc1[nH]nc2nc(Oc3ccc(F)cc3F)ncc12. The van der Waals surface area contributed by atoms with E-state index in [4.69, 9.17) is 14.2 Å². The van der Waals surface area contributed by atoms with Crippen molar-refractivity contribution in [3.8, 4) is 35.1 Å². The lowest BCUT2D eigenvalue weighted by atomic mass is 10.0. The van der Waals surface area contributed by atoms with Crippen LogP contribution in [-0.4, -0.2) is 35.9 Å². The number of halogens is 6. The fourth-order valence-electron chi connectivity index (χ4n) is 4.57. The fraction of sp³-hybridized carbons (Fsp3) is 0.222. The van der Waals surface area contributed by atoms with Crippen molar-refractivity contribution in [2.45, 2.75) is 40.5 Å². The molecule has 0 atom stereocenters. The number of ketones is 1. The average molecular weight is 725 g/mol. The summed E-state index contributed by atoms with van der Waals surface area (Å²) < 4.78 is 96.3. The van der Waals surface area contributed by atoms with E-state index in [0.29, 0.717) is 23.7 Å². The topological polar surface area (TPSA) is 125 Å². The largest absolute Gasteiger partial charge is 0.435 e. The smallest absolute Gasteiger partial charge is 0.325 e. The Hall–Kier alpha value is -6.06. The summed E-state index contributed by atoms with van der Waals surface area (Å²) in [5, 5.41) is 7.83. The molecule has 0 aliphatic carbocycles. The number of Topliss-reactive ketones (excluding diaryl/α,β-unsaturated/α-hetero) is 1. The molecule has 0 radical (unpaired) electrons. The lowest BCUT2D eigenvalue weighted by Gasteiger charge is -2.12. The molecule has 0 saturated heterocycles. The van der Waals surface area contributed by atoms with Gasteiger partial charge in [0, 0.05) is 42.7 Å². The summed E-state index contributed by atoms with van der Waals surface area (Å²) in [6, 6.07) is 7.81. The zero-order valence-electron chi connectivity index (χ0n) is 28.1. The molecule has 0 spiro atoms. The van der Waals surface area contributed by atoms with Crippen LogP contribution in [0.15, 0.2) is 67.0 Å². The highest BCUT2D eigenvalue weighted by Crippen LogP contribution is 2.31. The Morgan fingerprint density at radius 1 is 0.673 bits per heavy atom. The lowest BCUT2D eigenvalue weighted by molar-refractivity contribution is 0.0964. The first-order valence-electron chi connectivity index (χ1n) is 15.7. The first kappa shape index (κ1) is 37.2. The molecule has 0 aliphatic rings. The van der Waals surface area contributed by atoms with Gasteiger partial charge >= 0.3 is 12.0 Å². The molecule has 16 heteroatoms. The average Bonchev–Trinajstić information content (AvgIpc) is 3.46. The van der Waals surface area contributed by atoms with Gasteiger partial charge < -0.3 is 14.2 Å². The van der Waals surface area contributed by atoms with Gasteiger partial charge in [0.2, 0.25) is 5.88 Å². The molecule has 3 heterocycles. The van der Waals surface area contributed by atoms with E-state index in [1.807, 2.05) is 13.8 Å². The molecule has 0 bridgehead atoms. The summed E-state index contributed by atoms with van der Waals surface area (Å²) in [5.74, 6) is -6.24. The van der Waals surface area contributed by atoms with E-state index in [2.05, 4.69) is 44.0 Å². The van der Waals surface area contributed by atoms with Gasteiger partial charge in [0.1, 0.15) is 17.5 Å². The number of aromatic amines is 1. The number of benzene rings is 3. The summed E-state index contributed by atoms with van der Waals surface area (Å²) >= 11 is 0. The highest BCUT2D eigenvalue weighted by Gasteiger charge is 2.21. The second-order valence-corrected chi connectivity index (χ2v) is 12.1. The van der Waals surface area contributed by atoms with E-state index >= 15 is 0 Å². The quantitative estimate of drug-likeness (QED) is 0.103. The minimum absolute atomic E-state index is 0.0112. The van der Waals surface area contributed by atoms with Gasteiger partial charge in [0.15, 0.2) is 46.1 Å². The van der Waals surface area contributed by atoms with Gasteiger partial charge in [-0.3, -0.25) is 9.89 Å². The fourth-order valence-corrected chi connectivity index (χ4v) is 4.57. The third-order valence-electron chi connectivity index (χ3n) is 6.90. The summed E-state index contributed by atoms with van der Waals surface area (Å²) in [5.41, 5.74) is 1.34. The first-order chi connectivity index (χ1) is 24.7. The van der Waals surface area contributed by atoms with E-state index in [9.17, 15) is 31.1 Å². The Morgan fingerprint density at radius 2 is 1.17 bits per heavy atom. The van der Waals surface area contributed by atoms with Crippen molar-refractivity contribution < 1.29 is 45.3 Å². The van der Waals surface area contributed by atoms with Crippen LogP contribution in [-0.2, 0) is 6.42 Å². The van der Waals surface area contributed by atoms with Crippen LogP contribution >= 0.6 is 0 Å². The minimum atomic E-state index is -1.01. The van der Waals surface area contributed by atoms with Crippen molar-refractivity contribution in [1.82, 2.24) is 30.1 Å². The predicted molar refractivity (Wildman–Crippen MR) is 175 cm³/mol. The van der Waals surface area contributed by atoms with Crippen LogP contribution in [0.25, 0.3) is 11.0 Å². The van der Waals surface area contributed by atoms with E-state index in [1.54, 1.807) is 6.20 Å². The standard InChI is InChI=1S/C21H16F4N2O3.C15H14F2N4O/c1-11(2)7-17(28)14-10-26-21(30-19-6-4-13(23)9-16(19)25)27-20(14)29-18-5-3-12(22)8-15(18)24;1-8(2)5-12-10-7-18-15(19-14(10)21-20-12)22-13-4-3-9(16)6-11(13)17/h3-6,8-11H,7H2,1-2H3;3-4,6-8H,5H2,1-2H3,(H,18,19,20,21). The van der Waals surface area contributed by atoms with Crippen molar-refractivity contribution in [3.63, 3.8) is 0 Å². The number of ether oxygens (including phenoxy) is 3. The maximum atomic E-state index is 14.0. The molecule has 10 nitrogen and oxygen atoms in total. The number of hydrogen-bond donors (Lipinski definition) is 1. The Labute approximate surface area is 292 Å². The zero-order chi connectivity index (χ0) is 37.5. The number of carbonyl (C=O) groups is 1. The molecule has 0 amide bonds. The van der Waals surface area contributed by atoms with Crippen LogP contribution in [0.1, 0.15) is 50.2 Å². The second-order valence-electron chi connectivity index (χ2n) is 12.1. The van der Waals surface area contributed by atoms with E-state index in [0.717, 1.165) is 60.1 Å². The molecule has 0 unspecified atom stereocenters. The van der Waals surface area contributed by atoms with Crippen LogP contribution in [0.3, 0.4) is 0 Å². The van der Waals surface area contributed by atoms with Gasteiger partial charge in [0.05, 0.1) is 10.9 Å². The third kappa shape index (κ3) is 9.58. The zero-order valence-corrected chi connectivity index (χ0v) is 28.1. The molecule has 6 aromatic rings. The lowest BCUT2D eigenvalue weighted by Crippen LogP contribution is -2.09. The van der Waals surface area contributed by atoms with Crippen molar-refractivity contribution >= 4 is 16.8 Å². The van der Waals surface area contributed by atoms with Gasteiger partial charge in [-0.05, 0) is 54.7 Å². The molecule has 270 valence electrons. The van der Waals surface area contributed by atoms with Gasteiger partial charge in [-0.25, -0.2) is 36.3 Å². The van der Waals surface area contributed by atoms with E-state index < -0.39 is 40.9 Å². The normalized spacial score (nSPS) is 11.1. The Morgan fingerprint density at radius 3 is 1.67 bits per heavy atom. The predicted octanol–water partition coefficient (Wildman–Crippen LogP) is 9.47. The number of nitrogens with zero attached hydrogens (tertiary/aromatic N) is 5. The van der Waals surface area contributed by atoms with Gasteiger partial charge in [-0.1, -0.05) is 27.7 Å². The molecular formula is C36H30F6N6O4. The summed E-state index contributed by atoms with van der Waals surface area (Å²) in [6.45, 7) is 7.85. The van der Waals surface area contributed by atoms with Crippen molar-refractivity contribution in [3.05, 3.63) is 113 Å². The number of fused-ring (bicyclic) bond motifs is 1. The monoisotopic (exact) mass is 724 g/mol. The summed E-state index contributed by atoms with van der Waals surface area (Å²) in [7, 11) is 0. The Bertz CT molecular complexity index is 2210. The van der Waals surface area contributed by atoms with Crippen LogP contribution in [0, 0.1) is 46.7 Å².